The maximum atomic E-state index is 13.0. The summed E-state index contributed by atoms with van der Waals surface area (Å²) in [7, 11) is 0. The highest BCUT2D eigenvalue weighted by Gasteiger charge is 2.31. The number of primary amides is 1. The summed E-state index contributed by atoms with van der Waals surface area (Å²) in [6.45, 7) is 2.18. The summed E-state index contributed by atoms with van der Waals surface area (Å²) in [6, 6.07) is -0.552. The van der Waals surface area contributed by atoms with E-state index >= 15 is 0 Å². The van der Waals surface area contributed by atoms with Crippen LogP contribution in [-0.4, -0.2) is 49.8 Å². The number of rotatable bonds is 7. The zero-order chi connectivity index (χ0) is 21.1. The predicted octanol–water partition coefficient (Wildman–Crippen LogP) is -0.361. The highest BCUT2D eigenvalue weighted by Crippen LogP contribution is 2.18. The van der Waals surface area contributed by atoms with E-state index in [0.717, 1.165) is 17.4 Å². The van der Waals surface area contributed by atoms with Crippen molar-refractivity contribution in [2.75, 3.05) is 18.8 Å². The summed E-state index contributed by atoms with van der Waals surface area (Å²) in [5.74, 6) is -1.21. The number of hydrogen-bond donors (Lipinski definition) is 2. The number of nitrogens with two attached hydrogens (primary N) is 2. The quantitative estimate of drug-likeness (QED) is 0.581. The number of carbonyl (C=O) groups excluding carboxylic acids is 2. The molecule has 0 bridgehead atoms. The first-order valence-electron chi connectivity index (χ1n) is 9.43. The molecule has 0 radical (unpaired) electrons. The van der Waals surface area contributed by atoms with Crippen molar-refractivity contribution in [1.82, 2.24) is 19.0 Å². The van der Waals surface area contributed by atoms with E-state index in [1.165, 1.54) is 15.9 Å². The van der Waals surface area contributed by atoms with E-state index in [-0.39, 0.29) is 31.0 Å². The van der Waals surface area contributed by atoms with E-state index in [0.29, 0.717) is 18.0 Å². The van der Waals surface area contributed by atoms with Crippen LogP contribution in [0.5, 0.6) is 0 Å². The summed E-state index contributed by atoms with van der Waals surface area (Å²) in [6.07, 6.45) is 3.85. The number of piperidine rings is 1. The third-order valence-electron chi connectivity index (χ3n) is 5.13. The second-order valence-electron chi connectivity index (χ2n) is 6.91. The fraction of sp³-hybridized carbons (Fsp3) is 0.500. The molecule has 1 saturated heterocycles. The third kappa shape index (κ3) is 4.15. The Morgan fingerprint density at radius 3 is 2.66 bits per heavy atom. The van der Waals surface area contributed by atoms with Crippen molar-refractivity contribution in [3.63, 3.8) is 0 Å². The summed E-state index contributed by atoms with van der Waals surface area (Å²) >= 11 is 1.34. The molecule has 3 rings (SSSR count). The van der Waals surface area contributed by atoms with E-state index < -0.39 is 29.0 Å². The number of thiazole rings is 1. The minimum absolute atomic E-state index is 0.0660. The zero-order valence-electron chi connectivity index (χ0n) is 16.2. The molecule has 1 amide bonds. The van der Waals surface area contributed by atoms with Gasteiger partial charge in [0.2, 0.25) is 5.91 Å². The molecular weight excluding hydrogens is 396 g/mol. The summed E-state index contributed by atoms with van der Waals surface area (Å²) in [5.41, 5.74) is 10.0. The first kappa shape index (κ1) is 20.9. The number of ketones is 1. The molecule has 29 heavy (non-hydrogen) atoms. The first-order chi connectivity index (χ1) is 13.8. The Bertz CT molecular complexity index is 1030. The normalized spacial score (nSPS) is 17.3. The lowest BCUT2D eigenvalue weighted by Crippen LogP contribution is -2.51. The Balaban J connectivity index is 2.01. The van der Waals surface area contributed by atoms with Crippen molar-refractivity contribution in [2.24, 2.45) is 5.73 Å². The van der Waals surface area contributed by atoms with Gasteiger partial charge in [0.05, 0.1) is 19.1 Å². The Labute approximate surface area is 170 Å². The van der Waals surface area contributed by atoms with Gasteiger partial charge in [0, 0.05) is 18.1 Å². The van der Waals surface area contributed by atoms with E-state index in [4.69, 9.17) is 11.5 Å². The van der Waals surface area contributed by atoms with Gasteiger partial charge in [-0.3, -0.25) is 28.4 Å². The number of nitrogen functional groups attached to an aromatic ring is 1. The van der Waals surface area contributed by atoms with Gasteiger partial charge in [0.15, 0.2) is 5.78 Å². The van der Waals surface area contributed by atoms with Crippen LogP contribution in [0.15, 0.2) is 21.2 Å². The molecule has 2 aromatic heterocycles. The molecule has 0 aromatic carbocycles. The lowest BCUT2D eigenvalue weighted by atomic mass is 10.0. The second-order valence-corrected chi connectivity index (χ2v) is 7.89. The maximum absolute atomic E-state index is 13.0. The monoisotopic (exact) mass is 420 g/mol. The molecule has 0 spiro atoms. The van der Waals surface area contributed by atoms with Gasteiger partial charge in [0.1, 0.15) is 16.4 Å². The molecule has 3 heterocycles. The van der Waals surface area contributed by atoms with Crippen LogP contribution in [0, 0.1) is 0 Å². The van der Waals surface area contributed by atoms with Crippen LogP contribution < -0.4 is 22.7 Å². The zero-order valence-corrected chi connectivity index (χ0v) is 17.0. The smallest absolute Gasteiger partial charge is 0.332 e. The average molecular weight is 420 g/mol. The molecular formula is C18H24N6O4S. The van der Waals surface area contributed by atoms with Crippen molar-refractivity contribution >= 4 is 28.8 Å². The molecule has 10 nitrogen and oxygen atoms in total. The van der Waals surface area contributed by atoms with Gasteiger partial charge in [0.25, 0.3) is 5.56 Å². The SMILES string of the molecule is CCn1c(=O)c(C(=O)CN2CCCC[C@@H]2C(N)=O)c(N)n(Cc2nccs2)c1=O. The summed E-state index contributed by atoms with van der Waals surface area (Å²) in [4.78, 5) is 56.1. The van der Waals surface area contributed by atoms with Gasteiger partial charge in [-0.1, -0.05) is 6.42 Å². The maximum Gasteiger partial charge on any atom is 0.332 e. The fourth-order valence-electron chi connectivity index (χ4n) is 3.64. The number of nitrogens with zero attached hydrogens (tertiary/aromatic N) is 4. The fourth-order valence-corrected chi connectivity index (χ4v) is 4.25. The minimum Gasteiger partial charge on any atom is -0.384 e. The largest absolute Gasteiger partial charge is 0.384 e. The van der Waals surface area contributed by atoms with Gasteiger partial charge in [-0.05, 0) is 26.3 Å². The number of carbonyl (C=O) groups is 2. The molecule has 1 fully saturated rings. The molecule has 1 aliphatic rings. The van der Waals surface area contributed by atoms with Crippen LogP contribution in [0.3, 0.4) is 0 Å². The molecule has 11 heteroatoms. The molecule has 2 aromatic rings. The van der Waals surface area contributed by atoms with Crippen LogP contribution in [0.4, 0.5) is 5.82 Å². The Morgan fingerprint density at radius 2 is 2.03 bits per heavy atom. The lowest BCUT2D eigenvalue weighted by molar-refractivity contribution is -0.124. The topological polar surface area (TPSA) is 146 Å². The van der Waals surface area contributed by atoms with Gasteiger partial charge < -0.3 is 11.5 Å². The number of aromatic nitrogens is 3. The highest BCUT2D eigenvalue weighted by molar-refractivity contribution is 7.09. The number of hydrogen-bond acceptors (Lipinski definition) is 8. The van der Waals surface area contributed by atoms with Crippen molar-refractivity contribution in [2.45, 2.75) is 45.3 Å². The average Bonchev–Trinajstić information content (AvgIpc) is 3.19. The minimum atomic E-state index is -0.719. The van der Waals surface area contributed by atoms with Gasteiger partial charge in [-0.2, -0.15) is 0 Å². The third-order valence-corrected chi connectivity index (χ3v) is 5.89. The van der Waals surface area contributed by atoms with E-state index in [9.17, 15) is 19.2 Å². The Morgan fingerprint density at radius 1 is 1.28 bits per heavy atom. The van der Waals surface area contributed by atoms with Crippen LogP contribution in [0.1, 0.15) is 41.6 Å². The summed E-state index contributed by atoms with van der Waals surface area (Å²) in [5, 5.41) is 2.39. The number of Topliss-reactive ketones (excluding diaryl/α,β-unsaturated/α-hetero) is 1. The number of anilines is 1. The number of amides is 1. The van der Waals surface area contributed by atoms with E-state index in [1.54, 1.807) is 23.4 Å². The standard InChI is InChI=1S/C18H24N6O4S/c1-2-23-17(27)14(12(25)9-22-7-4-3-5-11(22)16(20)26)15(19)24(18(23)28)10-13-21-6-8-29-13/h6,8,11H,2-5,7,9-10,19H2,1H3,(H2,20,26)/t11-/m1/s1. The van der Waals surface area contributed by atoms with Crippen LogP contribution >= 0.6 is 11.3 Å². The molecule has 0 unspecified atom stereocenters. The Hall–Kier alpha value is -2.79. The second kappa shape index (κ2) is 8.70. The molecule has 156 valence electrons. The van der Waals surface area contributed by atoms with Crippen LogP contribution in [0.2, 0.25) is 0 Å². The van der Waals surface area contributed by atoms with Crippen molar-refractivity contribution in [3.8, 4) is 0 Å². The van der Waals surface area contributed by atoms with Crippen molar-refractivity contribution in [3.05, 3.63) is 43.0 Å². The molecule has 0 saturated carbocycles. The molecule has 0 aliphatic carbocycles. The van der Waals surface area contributed by atoms with Gasteiger partial charge >= 0.3 is 5.69 Å². The van der Waals surface area contributed by atoms with Gasteiger partial charge in [-0.25, -0.2) is 9.78 Å². The van der Waals surface area contributed by atoms with Crippen molar-refractivity contribution < 1.29 is 9.59 Å². The Kier molecular flexibility index (Phi) is 6.28. The molecule has 1 atom stereocenters. The molecule has 1 aliphatic heterocycles. The highest BCUT2D eigenvalue weighted by atomic mass is 32.1. The van der Waals surface area contributed by atoms with Crippen molar-refractivity contribution in [1.29, 1.82) is 0 Å². The lowest BCUT2D eigenvalue weighted by Gasteiger charge is -2.33. The van der Waals surface area contributed by atoms with Gasteiger partial charge in [-0.15, -0.1) is 11.3 Å². The number of likely N-dealkylation sites (tertiary alicyclic amines) is 1. The van der Waals surface area contributed by atoms with Crippen LogP contribution in [0.25, 0.3) is 0 Å². The summed E-state index contributed by atoms with van der Waals surface area (Å²) < 4.78 is 2.18. The van der Waals surface area contributed by atoms with E-state index in [2.05, 4.69) is 4.98 Å². The molecule has 4 N–H and O–H groups in total. The first-order valence-corrected chi connectivity index (χ1v) is 10.3. The van der Waals surface area contributed by atoms with Crippen LogP contribution in [-0.2, 0) is 17.9 Å². The van der Waals surface area contributed by atoms with E-state index in [1.807, 2.05) is 0 Å². The predicted molar refractivity (Wildman–Crippen MR) is 109 cm³/mol.